The van der Waals surface area contributed by atoms with E-state index in [2.05, 4.69) is 22.5 Å². The first-order valence-electron chi connectivity index (χ1n) is 10.2. The van der Waals surface area contributed by atoms with Crippen LogP contribution in [0.25, 0.3) is 0 Å². The van der Waals surface area contributed by atoms with Gasteiger partial charge in [-0.25, -0.2) is 4.68 Å². The van der Waals surface area contributed by atoms with E-state index < -0.39 is 0 Å². The molecule has 0 spiro atoms. The molecule has 5 heteroatoms. The summed E-state index contributed by atoms with van der Waals surface area (Å²) < 4.78 is 1.75. The Balaban J connectivity index is 1.35. The van der Waals surface area contributed by atoms with Gasteiger partial charge in [0, 0.05) is 6.54 Å². The van der Waals surface area contributed by atoms with Crippen molar-refractivity contribution >= 4 is 17.3 Å². The first-order chi connectivity index (χ1) is 13.1. The molecule has 1 heterocycles. The van der Waals surface area contributed by atoms with E-state index in [9.17, 15) is 4.79 Å². The fourth-order valence-corrected chi connectivity index (χ4v) is 6.40. The van der Waals surface area contributed by atoms with Crippen LogP contribution in [0.3, 0.4) is 0 Å². The van der Waals surface area contributed by atoms with Crippen LogP contribution in [0.2, 0.25) is 5.02 Å². The molecular weight excluding hydrogens is 358 g/mol. The number of nitrogens with one attached hydrogen (secondary N) is 1. The number of nitrogens with zero attached hydrogens (tertiary/aromatic N) is 2. The number of halogens is 1. The smallest absolute Gasteiger partial charge is 0.288 e. The van der Waals surface area contributed by atoms with Gasteiger partial charge in [-0.3, -0.25) is 4.79 Å². The van der Waals surface area contributed by atoms with E-state index >= 15 is 0 Å². The normalized spacial score (nSPS) is 31.2. The molecule has 0 atom stereocenters. The number of aromatic nitrogens is 2. The minimum atomic E-state index is -0.122. The Labute approximate surface area is 164 Å². The molecule has 0 aliphatic heterocycles. The summed E-state index contributed by atoms with van der Waals surface area (Å²) in [6.07, 6.45) is 9.99. The maximum atomic E-state index is 13.1. The third-order valence-corrected chi connectivity index (χ3v) is 7.31. The first kappa shape index (κ1) is 17.3. The van der Waals surface area contributed by atoms with Gasteiger partial charge < -0.3 is 5.32 Å². The molecule has 1 aromatic carbocycles. The molecule has 2 aromatic rings. The van der Waals surface area contributed by atoms with Gasteiger partial charge in [-0.2, -0.15) is 5.10 Å². The van der Waals surface area contributed by atoms with Gasteiger partial charge in [0.1, 0.15) is 5.02 Å². The van der Waals surface area contributed by atoms with Crippen molar-refractivity contribution < 1.29 is 0 Å². The lowest BCUT2D eigenvalue weighted by atomic mass is 9.53. The molecule has 0 radical (unpaired) electrons. The molecular formula is C22H26ClN3O. The van der Waals surface area contributed by atoms with Gasteiger partial charge in [0.25, 0.3) is 5.56 Å². The summed E-state index contributed by atoms with van der Waals surface area (Å²) >= 11 is 6.48. The topological polar surface area (TPSA) is 46.9 Å². The molecule has 27 heavy (non-hydrogen) atoms. The van der Waals surface area contributed by atoms with Crippen molar-refractivity contribution in [1.29, 1.82) is 0 Å². The molecule has 0 unspecified atom stereocenters. The van der Waals surface area contributed by atoms with Crippen molar-refractivity contribution in [3.05, 3.63) is 57.5 Å². The van der Waals surface area contributed by atoms with E-state index in [-0.39, 0.29) is 16.1 Å². The van der Waals surface area contributed by atoms with Crippen molar-refractivity contribution in [1.82, 2.24) is 9.78 Å². The third-order valence-electron chi connectivity index (χ3n) is 6.95. The highest BCUT2D eigenvalue weighted by Gasteiger charge is 2.53. The summed E-state index contributed by atoms with van der Waals surface area (Å²) in [6.45, 7) is 0.728. The second kappa shape index (κ2) is 6.66. The third kappa shape index (κ3) is 3.08. The van der Waals surface area contributed by atoms with Crippen LogP contribution in [0.15, 0.2) is 41.3 Å². The molecule has 1 N–H and O–H groups in total. The number of hydrogen-bond acceptors (Lipinski definition) is 3. The van der Waals surface area contributed by atoms with Crippen LogP contribution >= 0.6 is 11.6 Å². The van der Waals surface area contributed by atoms with Crippen LogP contribution in [0, 0.1) is 17.8 Å². The highest BCUT2D eigenvalue weighted by Crippen LogP contribution is 2.58. The Morgan fingerprint density at radius 3 is 2.33 bits per heavy atom. The predicted molar refractivity (Wildman–Crippen MR) is 108 cm³/mol. The molecule has 4 aliphatic rings. The van der Waals surface area contributed by atoms with Crippen molar-refractivity contribution in [3.63, 3.8) is 0 Å². The lowest BCUT2D eigenvalue weighted by Gasteiger charge is -2.56. The van der Waals surface area contributed by atoms with Gasteiger partial charge in [0.15, 0.2) is 0 Å². The summed E-state index contributed by atoms with van der Waals surface area (Å²) in [4.78, 5) is 13.1. The minimum absolute atomic E-state index is 0.0853. The van der Waals surface area contributed by atoms with E-state index in [1.54, 1.807) is 10.9 Å². The van der Waals surface area contributed by atoms with Crippen LogP contribution in [-0.4, -0.2) is 16.3 Å². The average Bonchev–Trinajstić information content (AvgIpc) is 2.65. The molecule has 1 aromatic heterocycles. The van der Waals surface area contributed by atoms with Crippen molar-refractivity contribution in [2.45, 2.75) is 50.5 Å². The van der Waals surface area contributed by atoms with Crippen LogP contribution in [0.1, 0.15) is 44.1 Å². The predicted octanol–water partition coefficient (Wildman–Crippen LogP) is 4.48. The van der Waals surface area contributed by atoms with Crippen molar-refractivity contribution in [2.75, 3.05) is 11.9 Å². The van der Waals surface area contributed by atoms with E-state index in [1.165, 1.54) is 24.8 Å². The van der Waals surface area contributed by atoms with Gasteiger partial charge in [-0.15, -0.1) is 0 Å². The highest BCUT2D eigenvalue weighted by molar-refractivity contribution is 6.32. The molecule has 4 nitrogen and oxygen atoms in total. The quantitative estimate of drug-likeness (QED) is 0.828. The van der Waals surface area contributed by atoms with Crippen molar-refractivity contribution in [3.8, 4) is 0 Å². The van der Waals surface area contributed by atoms with Gasteiger partial charge in [0.2, 0.25) is 0 Å². The second-order valence-corrected chi connectivity index (χ2v) is 9.27. The van der Waals surface area contributed by atoms with Gasteiger partial charge in [0.05, 0.1) is 17.4 Å². The molecule has 4 aliphatic carbocycles. The van der Waals surface area contributed by atoms with E-state index in [0.29, 0.717) is 5.69 Å². The summed E-state index contributed by atoms with van der Waals surface area (Å²) in [6, 6.07) is 10.3. The van der Waals surface area contributed by atoms with Gasteiger partial charge in [-0.05, 0) is 68.3 Å². The van der Waals surface area contributed by atoms with Crippen LogP contribution in [0.4, 0.5) is 5.69 Å². The lowest BCUT2D eigenvalue weighted by molar-refractivity contribution is -0.0518. The Kier molecular flexibility index (Phi) is 4.27. The maximum absolute atomic E-state index is 13.1. The number of benzene rings is 1. The van der Waals surface area contributed by atoms with Crippen LogP contribution in [0.5, 0.6) is 0 Å². The molecule has 6 rings (SSSR count). The highest BCUT2D eigenvalue weighted by atomic mass is 35.5. The second-order valence-electron chi connectivity index (χ2n) is 8.89. The maximum Gasteiger partial charge on any atom is 0.288 e. The average molecular weight is 384 g/mol. The van der Waals surface area contributed by atoms with Crippen molar-refractivity contribution in [2.24, 2.45) is 17.8 Å². The van der Waals surface area contributed by atoms with Crippen LogP contribution < -0.4 is 10.9 Å². The number of anilines is 1. The standard InChI is InChI=1S/C22H26ClN3O/c23-20-19(24-7-6-15-4-2-1-3-5-15)14-25-26(21(20)27)22-11-16-8-17(12-22)10-18(9-16)13-22/h1-5,14,16-18,24H,6-13H2. The largest absolute Gasteiger partial charge is 0.382 e. The van der Waals surface area contributed by atoms with Gasteiger partial charge in [-0.1, -0.05) is 41.9 Å². The zero-order valence-corrected chi connectivity index (χ0v) is 16.3. The Hall–Kier alpha value is -1.81. The Morgan fingerprint density at radius 2 is 1.70 bits per heavy atom. The fraction of sp³-hybridized carbons (Fsp3) is 0.545. The molecule has 142 valence electrons. The van der Waals surface area contributed by atoms with E-state index in [0.717, 1.165) is 50.0 Å². The SMILES string of the molecule is O=c1c(Cl)c(NCCc2ccccc2)cnn1C12CC3CC(CC(C3)C1)C2. The Bertz CT molecular complexity index is 857. The zero-order valence-electron chi connectivity index (χ0n) is 15.5. The summed E-state index contributed by atoms with van der Waals surface area (Å²) in [5.41, 5.74) is 1.70. The molecule has 0 amide bonds. The monoisotopic (exact) mass is 383 g/mol. The minimum Gasteiger partial charge on any atom is -0.382 e. The van der Waals surface area contributed by atoms with E-state index in [4.69, 9.17) is 11.6 Å². The Morgan fingerprint density at radius 1 is 1.07 bits per heavy atom. The summed E-state index contributed by atoms with van der Waals surface area (Å²) in [7, 11) is 0. The lowest BCUT2D eigenvalue weighted by Crippen LogP contribution is -2.55. The summed E-state index contributed by atoms with van der Waals surface area (Å²) in [5.74, 6) is 2.31. The zero-order chi connectivity index (χ0) is 18.4. The van der Waals surface area contributed by atoms with Gasteiger partial charge >= 0.3 is 0 Å². The van der Waals surface area contributed by atoms with E-state index in [1.807, 2.05) is 18.2 Å². The molecule has 4 saturated carbocycles. The molecule has 4 bridgehead atoms. The van der Waals surface area contributed by atoms with Crippen LogP contribution in [-0.2, 0) is 12.0 Å². The molecule has 4 fully saturated rings. The molecule has 0 saturated heterocycles. The number of rotatable bonds is 5. The summed E-state index contributed by atoms with van der Waals surface area (Å²) in [5, 5.41) is 8.19. The fourth-order valence-electron chi connectivity index (χ4n) is 6.20. The first-order valence-corrected chi connectivity index (χ1v) is 10.6. The number of hydrogen-bond donors (Lipinski definition) is 1.